The summed E-state index contributed by atoms with van der Waals surface area (Å²) in [6.45, 7) is 3.94. The molecule has 0 unspecified atom stereocenters. The van der Waals surface area contributed by atoms with Gasteiger partial charge in [-0.1, -0.05) is 11.6 Å². The van der Waals surface area contributed by atoms with Crippen LogP contribution in [0.15, 0.2) is 0 Å². The van der Waals surface area contributed by atoms with Gasteiger partial charge in [-0.3, -0.25) is 4.79 Å². The lowest BCUT2D eigenvalue weighted by molar-refractivity contribution is -0.128. The van der Waals surface area contributed by atoms with Crippen molar-refractivity contribution in [2.45, 2.75) is 13.8 Å². The second-order valence-electron chi connectivity index (χ2n) is 4.04. The van der Waals surface area contributed by atoms with Gasteiger partial charge in [0.25, 0.3) is 0 Å². The molecule has 6 nitrogen and oxygen atoms in total. The number of amides is 1. The summed E-state index contributed by atoms with van der Waals surface area (Å²) in [5.41, 5.74) is -0.602. The summed E-state index contributed by atoms with van der Waals surface area (Å²) in [5, 5.41) is 12.7. The number of hydrogen-bond donors (Lipinski definition) is 2. The van der Waals surface area contributed by atoms with E-state index in [0.717, 1.165) is 0 Å². The van der Waals surface area contributed by atoms with Gasteiger partial charge < -0.3 is 10.6 Å². The topological polar surface area (TPSA) is 79.8 Å². The standard InChI is InChI=1S/C9H13Cl2N5O/c1-9(2,7(17)12-3)4-13-6-5(10)15-16-8(11)14-6/h4H2,1-3H3,(H,12,17)(H,13,14,16). The number of aromatic nitrogens is 3. The zero-order valence-electron chi connectivity index (χ0n) is 9.71. The van der Waals surface area contributed by atoms with Crippen LogP contribution in [0.25, 0.3) is 0 Å². The molecule has 0 aliphatic heterocycles. The Morgan fingerprint density at radius 3 is 2.59 bits per heavy atom. The number of carbonyl (C=O) groups is 1. The SMILES string of the molecule is CNC(=O)C(C)(C)CNc1nc(Cl)nnc1Cl. The highest BCUT2D eigenvalue weighted by Gasteiger charge is 2.26. The normalized spacial score (nSPS) is 11.1. The molecule has 0 fully saturated rings. The molecule has 1 heterocycles. The van der Waals surface area contributed by atoms with Crippen LogP contribution in [-0.4, -0.2) is 34.7 Å². The molecule has 0 spiro atoms. The van der Waals surface area contributed by atoms with E-state index in [-0.39, 0.29) is 16.3 Å². The van der Waals surface area contributed by atoms with Crippen LogP contribution in [0.3, 0.4) is 0 Å². The predicted octanol–water partition coefficient (Wildman–Crippen LogP) is 1.36. The van der Waals surface area contributed by atoms with Crippen molar-refractivity contribution < 1.29 is 4.79 Å². The maximum atomic E-state index is 11.5. The lowest BCUT2D eigenvalue weighted by Crippen LogP contribution is -2.39. The van der Waals surface area contributed by atoms with E-state index < -0.39 is 5.41 Å². The fourth-order valence-electron chi connectivity index (χ4n) is 1.13. The number of nitrogens with zero attached hydrogens (tertiary/aromatic N) is 3. The summed E-state index contributed by atoms with van der Waals surface area (Å²) in [4.78, 5) is 15.4. The maximum Gasteiger partial charge on any atom is 0.245 e. The number of halogens is 2. The number of nitrogens with one attached hydrogen (secondary N) is 2. The van der Waals surface area contributed by atoms with Gasteiger partial charge in [0.1, 0.15) is 0 Å². The minimum Gasteiger partial charge on any atom is -0.366 e. The molecule has 0 saturated heterocycles. The number of rotatable bonds is 4. The third-order valence-electron chi connectivity index (χ3n) is 2.16. The van der Waals surface area contributed by atoms with Gasteiger partial charge in [-0.05, 0) is 25.4 Å². The van der Waals surface area contributed by atoms with E-state index in [0.29, 0.717) is 12.4 Å². The average Bonchev–Trinajstić information content (AvgIpc) is 2.29. The van der Waals surface area contributed by atoms with Gasteiger partial charge in [0, 0.05) is 13.6 Å². The maximum absolute atomic E-state index is 11.5. The Hall–Kier alpha value is -1.14. The minimum absolute atomic E-state index is 0.00495. The van der Waals surface area contributed by atoms with Gasteiger partial charge in [0.05, 0.1) is 5.41 Å². The lowest BCUT2D eigenvalue weighted by Gasteiger charge is -2.23. The summed E-state index contributed by atoms with van der Waals surface area (Å²) in [5.74, 6) is 0.220. The van der Waals surface area contributed by atoms with Crippen molar-refractivity contribution >= 4 is 34.9 Å². The minimum atomic E-state index is -0.602. The molecule has 1 aromatic rings. The quantitative estimate of drug-likeness (QED) is 0.869. The Bertz CT molecular complexity index is 424. The van der Waals surface area contributed by atoms with Crippen LogP contribution in [0.5, 0.6) is 0 Å². The summed E-state index contributed by atoms with van der Waals surface area (Å²) < 4.78 is 0. The van der Waals surface area contributed by atoms with Crippen LogP contribution in [-0.2, 0) is 4.79 Å². The monoisotopic (exact) mass is 277 g/mol. The Kier molecular flexibility index (Phi) is 4.47. The van der Waals surface area contributed by atoms with Crippen LogP contribution < -0.4 is 10.6 Å². The highest BCUT2D eigenvalue weighted by molar-refractivity contribution is 6.32. The van der Waals surface area contributed by atoms with Gasteiger partial charge in [-0.2, -0.15) is 4.98 Å². The summed E-state index contributed by atoms with van der Waals surface area (Å²) in [6, 6.07) is 0. The molecule has 0 saturated carbocycles. The van der Waals surface area contributed by atoms with E-state index in [2.05, 4.69) is 25.8 Å². The molecule has 2 N–H and O–H groups in total. The predicted molar refractivity (Wildman–Crippen MR) is 66.2 cm³/mol. The van der Waals surface area contributed by atoms with Crippen LogP contribution in [0, 0.1) is 5.41 Å². The molecule has 8 heteroatoms. The van der Waals surface area contributed by atoms with Gasteiger partial charge in [-0.25, -0.2) is 0 Å². The zero-order chi connectivity index (χ0) is 13.1. The van der Waals surface area contributed by atoms with E-state index in [1.54, 1.807) is 20.9 Å². The summed E-state index contributed by atoms with van der Waals surface area (Å²) in [7, 11) is 1.58. The molecule has 1 aromatic heterocycles. The third-order valence-corrected chi connectivity index (χ3v) is 2.57. The van der Waals surface area contributed by atoms with Gasteiger partial charge in [0.15, 0.2) is 11.0 Å². The number of anilines is 1. The molecule has 0 radical (unpaired) electrons. The van der Waals surface area contributed by atoms with Crippen molar-refractivity contribution in [2.75, 3.05) is 18.9 Å². The highest BCUT2D eigenvalue weighted by atomic mass is 35.5. The van der Waals surface area contributed by atoms with Gasteiger partial charge in [0.2, 0.25) is 11.2 Å². The van der Waals surface area contributed by atoms with Crippen molar-refractivity contribution in [3.05, 3.63) is 10.4 Å². The molecular formula is C9H13Cl2N5O. The lowest BCUT2D eigenvalue weighted by atomic mass is 9.92. The molecule has 0 bridgehead atoms. The smallest absolute Gasteiger partial charge is 0.245 e. The molecule has 0 aliphatic carbocycles. The molecule has 0 aliphatic rings. The van der Waals surface area contributed by atoms with Crippen molar-refractivity contribution in [1.82, 2.24) is 20.5 Å². The van der Waals surface area contributed by atoms with Crippen LogP contribution in [0.4, 0.5) is 5.82 Å². The van der Waals surface area contributed by atoms with Crippen molar-refractivity contribution in [2.24, 2.45) is 5.41 Å². The Morgan fingerprint density at radius 2 is 2.00 bits per heavy atom. The van der Waals surface area contributed by atoms with Crippen molar-refractivity contribution in [3.63, 3.8) is 0 Å². The third kappa shape index (κ3) is 3.67. The molecule has 17 heavy (non-hydrogen) atoms. The van der Waals surface area contributed by atoms with Gasteiger partial charge in [-0.15, -0.1) is 10.2 Å². The Balaban J connectivity index is 2.73. The molecule has 0 aromatic carbocycles. The molecule has 94 valence electrons. The first kappa shape index (κ1) is 13.9. The van der Waals surface area contributed by atoms with E-state index >= 15 is 0 Å². The van der Waals surface area contributed by atoms with Gasteiger partial charge >= 0.3 is 0 Å². The van der Waals surface area contributed by atoms with Crippen LogP contribution in [0.1, 0.15) is 13.8 Å². The molecular weight excluding hydrogens is 265 g/mol. The molecule has 1 amide bonds. The van der Waals surface area contributed by atoms with Crippen LogP contribution >= 0.6 is 23.2 Å². The molecule has 0 atom stereocenters. The molecule has 1 rings (SSSR count). The summed E-state index contributed by atoms with van der Waals surface area (Å²) in [6.07, 6.45) is 0. The number of hydrogen-bond acceptors (Lipinski definition) is 5. The van der Waals surface area contributed by atoms with Crippen molar-refractivity contribution in [1.29, 1.82) is 0 Å². The highest BCUT2D eigenvalue weighted by Crippen LogP contribution is 2.20. The van der Waals surface area contributed by atoms with Crippen LogP contribution in [0.2, 0.25) is 10.4 Å². The zero-order valence-corrected chi connectivity index (χ0v) is 11.2. The summed E-state index contributed by atoms with van der Waals surface area (Å²) >= 11 is 11.4. The largest absolute Gasteiger partial charge is 0.366 e. The Morgan fingerprint density at radius 1 is 1.35 bits per heavy atom. The van der Waals surface area contributed by atoms with E-state index in [1.807, 2.05) is 0 Å². The van der Waals surface area contributed by atoms with E-state index in [4.69, 9.17) is 23.2 Å². The first-order chi connectivity index (χ1) is 7.86. The first-order valence-electron chi connectivity index (χ1n) is 4.88. The fraction of sp³-hybridized carbons (Fsp3) is 0.556. The van der Waals surface area contributed by atoms with Crippen molar-refractivity contribution in [3.8, 4) is 0 Å². The first-order valence-corrected chi connectivity index (χ1v) is 5.64. The van der Waals surface area contributed by atoms with E-state index in [1.165, 1.54) is 0 Å². The number of carbonyl (C=O) groups excluding carboxylic acids is 1. The van der Waals surface area contributed by atoms with E-state index in [9.17, 15) is 4.79 Å². The second-order valence-corrected chi connectivity index (χ2v) is 4.73. The fourth-order valence-corrected chi connectivity index (χ4v) is 1.40. The Labute approximate surface area is 109 Å². The average molecular weight is 278 g/mol. The second kappa shape index (κ2) is 5.46.